The number of hydrogen-bond acceptors (Lipinski definition) is 0. The van der Waals surface area contributed by atoms with Crippen LogP contribution in [0.5, 0.6) is 0 Å². The summed E-state index contributed by atoms with van der Waals surface area (Å²) < 4.78 is 0. The van der Waals surface area contributed by atoms with Crippen LogP contribution in [0.4, 0.5) is 0 Å². The number of fused-ring (bicyclic) bond motifs is 2. The molecule has 0 spiro atoms. The first kappa shape index (κ1) is 13.4. The fourth-order valence-corrected chi connectivity index (χ4v) is 4.77. The highest BCUT2D eigenvalue weighted by atomic mass is 14.2. The molecule has 25 heavy (non-hydrogen) atoms. The Kier molecular flexibility index (Phi) is 2.26. The average molecular weight is 318 g/mol. The van der Waals surface area contributed by atoms with Gasteiger partial charge in [-0.25, -0.2) is 0 Å². The second-order valence-electron chi connectivity index (χ2n) is 8.01. The molecule has 0 N–H and O–H groups in total. The minimum atomic E-state index is 0.110. The highest BCUT2D eigenvalue weighted by molar-refractivity contribution is 5.91. The van der Waals surface area contributed by atoms with Gasteiger partial charge in [0.2, 0.25) is 0 Å². The lowest BCUT2D eigenvalue weighted by molar-refractivity contribution is 0.713. The van der Waals surface area contributed by atoms with Crippen LogP contribution in [0.2, 0.25) is 0 Å². The van der Waals surface area contributed by atoms with Crippen LogP contribution in [0, 0.1) is 26.3 Å². The van der Waals surface area contributed by atoms with E-state index in [0.29, 0.717) is 0 Å². The van der Waals surface area contributed by atoms with Gasteiger partial charge in [-0.3, -0.25) is 0 Å². The lowest BCUT2D eigenvalue weighted by Crippen LogP contribution is -2.24. The summed E-state index contributed by atoms with van der Waals surface area (Å²) in [6.45, 7) is 4.56. The molecule has 4 aromatic rings. The van der Waals surface area contributed by atoms with Crippen molar-refractivity contribution in [2.75, 3.05) is 0 Å². The van der Waals surface area contributed by atoms with Crippen LogP contribution in [0.25, 0.3) is 33.7 Å². The van der Waals surface area contributed by atoms with Crippen molar-refractivity contribution < 1.29 is 0 Å². The molecule has 118 valence electrons. The molecule has 0 aliphatic heterocycles. The summed E-state index contributed by atoms with van der Waals surface area (Å²) in [5, 5.41) is 13.8. The molecule has 0 unspecified atom stereocenters. The largest absolute Gasteiger partial charge is 0.0671 e. The Morgan fingerprint density at radius 1 is 0.560 bits per heavy atom. The minimum absolute atomic E-state index is 0.110. The first-order valence-electron chi connectivity index (χ1n) is 8.96. The molecule has 0 radical (unpaired) electrons. The van der Waals surface area contributed by atoms with Crippen molar-refractivity contribution in [2.45, 2.75) is 13.8 Å². The number of rotatable bonds is 0. The van der Waals surface area contributed by atoms with E-state index in [2.05, 4.69) is 86.7 Å². The lowest BCUT2D eigenvalue weighted by atomic mass is 9.85. The molecular formula is C25H18. The maximum atomic E-state index is 2.41. The normalized spacial score (nSPS) is 15.8. The van der Waals surface area contributed by atoms with Gasteiger partial charge in [-0.15, -0.1) is 0 Å². The molecular weight excluding hydrogens is 300 g/mol. The van der Waals surface area contributed by atoms with Crippen LogP contribution in [-0.2, 0) is 0 Å². The van der Waals surface area contributed by atoms with Gasteiger partial charge in [-0.1, -0.05) is 74.5 Å². The quantitative estimate of drug-likeness (QED) is 0.395. The van der Waals surface area contributed by atoms with Gasteiger partial charge in [0.25, 0.3) is 0 Å². The Labute approximate surface area is 145 Å². The van der Waals surface area contributed by atoms with E-state index in [1.807, 2.05) is 0 Å². The van der Waals surface area contributed by atoms with E-state index in [-0.39, 0.29) is 5.41 Å². The van der Waals surface area contributed by atoms with Crippen LogP contribution >= 0.6 is 0 Å². The van der Waals surface area contributed by atoms with Crippen molar-refractivity contribution in [1.82, 2.24) is 0 Å². The highest BCUT2D eigenvalue weighted by Crippen LogP contribution is 2.27. The zero-order valence-electron chi connectivity index (χ0n) is 14.4. The Morgan fingerprint density at radius 3 is 1.60 bits per heavy atom. The van der Waals surface area contributed by atoms with Crippen molar-refractivity contribution in [2.24, 2.45) is 5.41 Å². The SMILES string of the molecule is CC1(C)C=c2ccc3c4c(ccc(c24)=C1)=c1cc2ccccc2cc1=3. The molecule has 0 heterocycles. The number of hydrogen-bond donors (Lipinski definition) is 0. The van der Waals surface area contributed by atoms with Gasteiger partial charge in [0, 0.05) is 5.41 Å². The minimum Gasteiger partial charge on any atom is -0.0671 e. The zero-order chi connectivity index (χ0) is 16.8. The van der Waals surface area contributed by atoms with Gasteiger partial charge in [0.1, 0.15) is 0 Å². The fraction of sp³-hybridized carbons (Fsp3) is 0.120. The Morgan fingerprint density at radius 2 is 1.08 bits per heavy atom. The van der Waals surface area contributed by atoms with E-state index in [1.165, 1.54) is 52.9 Å². The van der Waals surface area contributed by atoms with E-state index < -0.39 is 0 Å². The van der Waals surface area contributed by atoms with Gasteiger partial charge >= 0.3 is 0 Å². The van der Waals surface area contributed by atoms with Crippen molar-refractivity contribution in [3.05, 3.63) is 92.0 Å². The van der Waals surface area contributed by atoms with Crippen molar-refractivity contribution in [1.29, 1.82) is 0 Å². The molecule has 6 rings (SSSR count). The lowest BCUT2D eigenvalue weighted by Gasteiger charge is -2.19. The van der Waals surface area contributed by atoms with Crippen molar-refractivity contribution in [3.63, 3.8) is 0 Å². The molecule has 0 saturated heterocycles. The molecule has 0 nitrogen and oxygen atoms in total. The second kappa shape index (κ2) is 4.21. The van der Waals surface area contributed by atoms with E-state index in [1.54, 1.807) is 0 Å². The molecule has 0 heteroatoms. The molecule has 0 atom stereocenters. The predicted molar refractivity (Wildman–Crippen MR) is 105 cm³/mol. The van der Waals surface area contributed by atoms with Crippen LogP contribution in [0.3, 0.4) is 0 Å². The Bertz CT molecular complexity index is 1440. The van der Waals surface area contributed by atoms with Crippen LogP contribution < -0.4 is 10.4 Å². The van der Waals surface area contributed by atoms with E-state index in [4.69, 9.17) is 0 Å². The van der Waals surface area contributed by atoms with E-state index in [9.17, 15) is 0 Å². The molecule has 0 fully saturated rings. The standard InChI is InChI=1S/C25H18/c1-25(2)13-17-7-9-19-21-11-15-5-3-4-6-16(15)12-22(21)20-10-8-18(14-25)23(17)24(19)20/h3-14H,1-2H3. The summed E-state index contributed by atoms with van der Waals surface area (Å²) in [6.07, 6.45) is 4.81. The summed E-state index contributed by atoms with van der Waals surface area (Å²) in [4.78, 5) is 0. The van der Waals surface area contributed by atoms with Crippen molar-refractivity contribution >= 4 is 33.7 Å². The van der Waals surface area contributed by atoms with Gasteiger partial charge in [-0.05, 0) is 65.0 Å². The van der Waals surface area contributed by atoms with Crippen LogP contribution in [-0.4, -0.2) is 0 Å². The van der Waals surface area contributed by atoms with Crippen LogP contribution in [0.15, 0.2) is 60.7 Å². The van der Waals surface area contributed by atoms with Gasteiger partial charge in [-0.2, -0.15) is 0 Å². The first-order valence-corrected chi connectivity index (χ1v) is 8.96. The maximum absolute atomic E-state index is 2.41. The molecule has 2 aliphatic carbocycles. The number of benzene rings is 4. The molecule has 0 aromatic heterocycles. The summed E-state index contributed by atoms with van der Waals surface area (Å²) >= 11 is 0. The highest BCUT2D eigenvalue weighted by Gasteiger charge is 2.17. The summed E-state index contributed by atoms with van der Waals surface area (Å²) in [6, 6.07) is 22.7. The van der Waals surface area contributed by atoms with Gasteiger partial charge in [0.15, 0.2) is 0 Å². The Hall–Kier alpha value is -2.86. The second-order valence-corrected chi connectivity index (χ2v) is 8.01. The molecule has 0 amide bonds. The predicted octanol–water partition coefficient (Wildman–Crippen LogP) is 4.48. The monoisotopic (exact) mass is 318 g/mol. The zero-order valence-corrected chi connectivity index (χ0v) is 14.4. The smallest absolute Gasteiger partial charge is 0.00228 e. The molecule has 0 saturated carbocycles. The maximum Gasteiger partial charge on any atom is 0.00228 e. The molecule has 4 aromatic carbocycles. The van der Waals surface area contributed by atoms with Gasteiger partial charge in [0.05, 0.1) is 0 Å². The third-order valence-corrected chi connectivity index (χ3v) is 5.75. The topological polar surface area (TPSA) is 0 Å². The average Bonchev–Trinajstić information content (AvgIpc) is 2.90. The third-order valence-electron chi connectivity index (χ3n) is 5.75. The summed E-state index contributed by atoms with van der Waals surface area (Å²) in [5.74, 6) is 0. The summed E-state index contributed by atoms with van der Waals surface area (Å²) in [7, 11) is 0. The van der Waals surface area contributed by atoms with E-state index >= 15 is 0 Å². The summed E-state index contributed by atoms with van der Waals surface area (Å²) in [5.41, 5.74) is 0.110. The first-order chi connectivity index (χ1) is 12.1. The Balaban J connectivity index is 2.01. The van der Waals surface area contributed by atoms with E-state index in [0.717, 1.165) is 0 Å². The van der Waals surface area contributed by atoms with Crippen LogP contribution in [0.1, 0.15) is 13.8 Å². The molecule has 0 bridgehead atoms. The fourth-order valence-electron chi connectivity index (χ4n) is 4.77. The van der Waals surface area contributed by atoms with Crippen molar-refractivity contribution in [3.8, 4) is 0 Å². The third kappa shape index (κ3) is 1.67. The van der Waals surface area contributed by atoms with Gasteiger partial charge < -0.3 is 0 Å². The molecule has 2 aliphatic rings.